The number of hydrogen-bond acceptors (Lipinski definition) is 0. The molecule has 1 aromatic carbocycles. The van der Waals surface area contributed by atoms with Crippen molar-refractivity contribution < 1.29 is 4.80 Å². The number of hydrogen-bond donors (Lipinski definition) is 0. The predicted octanol–water partition coefficient (Wildman–Crippen LogP) is 1.07. The molecule has 0 fully saturated rings. The summed E-state index contributed by atoms with van der Waals surface area (Å²) < 4.78 is 0. The predicted molar refractivity (Wildman–Crippen MR) is 44.4 cm³/mol. The van der Waals surface area contributed by atoms with Crippen LogP contribution in [0.2, 0.25) is 6.04 Å². The first-order chi connectivity index (χ1) is 4.84. The third-order valence-corrected chi connectivity index (χ3v) is 3.41. The maximum Gasteiger partial charge on any atom is 0.252 e. The normalized spacial score (nSPS) is 13.0. The summed E-state index contributed by atoms with van der Waals surface area (Å²) in [5.41, 5.74) is 0. The molecular weight excluding hydrogens is 140 g/mol. The summed E-state index contributed by atoms with van der Waals surface area (Å²) in [6.45, 7) is 1.97. The van der Waals surface area contributed by atoms with Gasteiger partial charge in [-0.1, -0.05) is 37.3 Å². The van der Waals surface area contributed by atoms with Gasteiger partial charge in [0.2, 0.25) is 0 Å². The highest BCUT2D eigenvalue weighted by molar-refractivity contribution is 6.65. The van der Waals surface area contributed by atoms with Crippen molar-refractivity contribution in [2.75, 3.05) is 0 Å². The van der Waals surface area contributed by atoms with Crippen LogP contribution in [0.1, 0.15) is 6.92 Å². The van der Waals surface area contributed by atoms with Crippen molar-refractivity contribution in [2.24, 2.45) is 0 Å². The second-order valence-corrected chi connectivity index (χ2v) is 4.77. The van der Waals surface area contributed by atoms with E-state index < -0.39 is 9.04 Å². The Labute approximate surface area is 63.1 Å². The Morgan fingerprint density at radius 2 is 1.90 bits per heavy atom. The first kappa shape index (κ1) is 7.50. The largest absolute Gasteiger partial charge is 0.296 e. The van der Waals surface area contributed by atoms with Crippen molar-refractivity contribution in [1.82, 2.24) is 0 Å². The molecule has 2 heteroatoms. The van der Waals surface area contributed by atoms with Crippen LogP contribution in [0.4, 0.5) is 0 Å². The molecule has 0 N–H and O–H groups in total. The zero-order chi connectivity index (χ0) is 7.40. The Balaban J connectivity index is 2.75. The highest BCUT2D eigenvalue weighted by Gasteiger charge is 2.07. The molecule has 1 atom stereocenters. The molecule has 1 rings (SSSR count). The molecule has 0 saturated carbocycles. The molecular formula is C8H11OSi. The van der Waals surface area contributed by atoms with Gasteiger partial charge in [0.25, 0.3) is 9.04 Å². The van der Waals surface area contributed by atoms with E-state index >= 15 is 0 Å². The molecule has 0 bridgehead atoms. The lowest BCUT2D eigenvalue weighted by Gasteiger charge is -2.00. The summed E-state index contributed by atoms with van der Waals surface area (Å²) >= 11 is 0. The lowest BCUT2D eigenvalue weighted by molar-refractivity contribution is 0.459. The van der Waals surface area contributed by atoms with Crippen molar-refractivity contribution in [1.29, 1.82) is 0 Å². The van der Waals surface area contributed by atoms with E-state index in [-0.39, 0.29) is 0 Å². The van der Waals surface area contributed by atoms with E-state index in [0.717, 1.165) is 11.2 Å². The Bertz CT molecular complexity index is 186. The third kappa shape index (κ3) is 1.69. The van der Waals surface area contributed by atoms with Gasteiger partial charge < -0.3 is 0 Å². The zero-order valence-electron chi connectivity index (χ0n) is 6.08. The van der Waals surface area contributed by atoms with E-state index in [2.05, 4.69) is 0 Å². The van der Waals surface area contributed by atoms with Gasteiger partial charge in [-0.05, 0) is 11.2 Å². The average Bonchev–Trinajstić information content (AvgIpc) is 2.05. The molecule has 1 aromatic rings. The minimum absolute atomic E-state index is 0.810. The van der Waals surface area contributed by atoms with Crippen molar-refractivity contribution >= 4 is 14.2 Å². The monoisotopic (exact) mass is 151 g/mol. The van der Waals surface area contributed by atoms with Crippen LogP contribution in [-0.2, 0) is 4.80 Å². The highest BCUT2D eigenvalue weighted by atomic mass is 28.3. The zero-order valence-corrected chi connectivity index (χ0v) is 7.23. The second-order valence-electron chi connectivity index (χ2n) is 2.31. The van der Waals surface area contributed by atoms with E-state index in [1.54, 1.807) is 0 Å². The standard InChI is InChI=1S/C8H11OSi/c1-2-10(9)8-6-4-3-5-7-8/h3-7,10H,2H2,1H3. The number of rotatable bonds is 2. The van der Waals surface area contributed by atoms with E-state index in [1.165, 1.54) is 0 Å². The summed E-state index contributed by atoms with van der Waals surface area (Å²) in [5, 5.41) is 1.03. The van der Waals surface area contributed by atoms with Gasteiger partial charge in [-0.3, -0.25) is 4.80 Å². The molecule has 0 spiro atoms. The molecule has 0 aliphatic carbocycles. The van der Waals surface area contributed by atoms with Crippen molar-refractivity contribution in [3.05, 3.63) is 30.3 Å². The molecule has 0 amide bonds. The van der Waals surface area contributed by atoms with Crippen LogP contribution in [-0.4, -0.2) is 9.04 Å². The quantitative estimate of drug-likeness (QED) is 0.563. The molecule has 10 heavy (non-hydrogen) atoms. The average molecular weight is 151 g/mol. The van der Waals surface area contributed by atoms with Gasteiger partial charge in [-0.2, -0.15) is 0 Å². The van der Waals surface area contributed by atoms with Gasteiger partial charge >= 0.3 is 0 Å². The Kier molecular flexibility index (Phi) is 2.65. The maximum atomic E-state index is 11.2. The third-order valence-electron chi connectivity index (χ3n) is 1.54. The minimum Gasteiger partial charge on any atom is -0.296 e. The molecule has 1 radical (unpaired) electrons. The van der Waals surface area contributed by atoms with Gasteiger partial charge in [0, 0.05) is 0 Å². The van der Waals surface area contributed by atoms with Crippen LogP contribution in [0.25, 0.3) is 0 Å². The molecule has 0 aliphatic heterocycles. The topological polar surface area (TPSA) is 19.9 Å². The fourth-order valence-corrected chi connectivity index (χ4v) is 2.03. The van der Waals surface area contributed by atoms with Crippen molar-refractivity contribution in [3.8, 4) is 0 Å². The van der Waals surface area contributed by atoms with Crippen LogP contribution >= 0.6 is 0 Å². The van der Waals surface area contributed by atoms with Crippen molar-refractivity contribution in [3.63, 3.8) is 0 Å². The summed E-state index contributed by atoms with van der Waals surface area (Å²) in [7, 11) is -1.79. The fourth-order valence-electron chi connectivity index (χ4n) is 0.903. The summed E-state index contributed by atoms with van der Waals surface area (Å²) in [6.07, 6.45) is 0. The lowest BCUT2D eigenvalue weighted by Crippen LogP contribution is -2.26. The van der Waals surface area contributed by atoms with Gasteiger partial charge in [0.05, 0.1) is 0 Å². The molecule has 0 saturated heterocycles. The van der Waals surface area contributed by atoms with Gasteiger partial charge in [-0.25, -0.2) is 0 Å². The summed E-state index contributed by atoms with van der Waals surface area (Å²) in [4.78, 5) is 11.2. The molecule has 1 unspecified atom stereocenters. The molecule has 0 heterocycles. The van der Waals surface area contributed by atoms with Gasteiger partial charge in [-0.15, -0.1) is 0 Å². The van der Waals surface area contributed by atoms with Crippen LogP contribution in [0, 0.1) is 0 Å². The van der Waals surface area contributed by atoms with Gasteiger partial charge in [0.1, 0.15) is 0 Å². The first-order valence-corrected chi connectivity index (χ1v) is 5.42. The minimum atomic E-state index is -1.79. The first-order valence-electron chi connectivity index (χ1n) is 3.55. The van der Waals surface area contributed by atoms with Crippen molar-refractivity contribution in [2.45, 2.75) is 13.0 Å². The Hall–Kier alpha value is -0.603. The molecule has 1 nitrogen and oxygen atoms in total. The van der Waals surface area contributed by atoms with Crippen LogP contribution < -0.4 is 5.19 Å². The van der Waals surface area contributed by atoms with E-state index in [1.807, 2.05) is 37.3 Å². The van der Waals surface area contributed by atoms with Crippen LogP contribution in [0.5, 0.6) is 0 Å². The molecule has 0 aromatic heterocycles. The highest BCUT2D eigenvalue weighted by Crippen LogP contribution is 1.90. The van der Waals surface area contributed by atoms with E-state index in [9.17, 15) is 4.80 Å². The van der Waals surface area contributed by atoms with E-state index in [0.29, 0.717) is 0 Å². The van der Waals surface area contributed by atoms with E-state index in [4.69, 9.17) is 0 Å². The Morgan fingerprint density at radius 1 is 1.30 bits per heavy atom. The van der Waals surface area contributed by atoms with Crippen LogP contribution in [0.3, 0.4) is 0 Å². The summed E-state index contributed by atoms with van der Waals surface area (Å²) in [5.74, 6) is 0. The fraction of sp³-hybridized carbons (Fsp3) is 0.250. The summed E-state index contributed by atoms with van der Waals surface area (Å²) in [6, 6.07) is 10.5. The SMILES string of the molecule is CC[SiH]([O])c1ccccc1. The second kappa shape index (κ2) is 3.54. The van der Waals surface area contributed by atoms with Gasteiger partial charge in [0.15, 0.2) is 0 Å². The maximum absolute atomic E-state index is 11.2. The molecule has 0 aliphatic rings. The Morgan fingerprint density at radius 3 is 2.40 bits per heavy atom. The lowest BCUT2D eigenvalue weighted by atomic mass is 10.4. The smallest absolute Gasteiger partial charge is 0.252 e. The molecule has 53 valence electrons. The van der Waals surface area contributed by atoms with Crippen LogP contribution in [0.15, 0.2) is 30.3 Å². The number of benzene rings is 1.